The van der Waals surface area contributed by atoms with E-state index < -0.39 is 44.5 Å². The summed E-state index contributed by atoms with van der Waals surface area (Å²) >= 11 is 0. The first-order chi connectivity index (χ1) is 8.35. The predicted molar refractivity (Wildman–Crippen MR) is 94.4 cm³/mol. The van der Waals surface area contributed by atoms with E-state index in [1.165, 1.54) is 0 Å². The Bertz CT molecular complexity index is 285. The largest absolute Gasteiger partial charge is 0.437 e. The minimum Gasteiger partial charge on any atom is -0.437 e. The van der Waals surface area contributed by atoms with Crippen molar-refractivity contribution in [1.29, 1.82) is 0 Å². The van der Waals surface area contributed by atoms with E-state index in [-0.39, 0.29) is 0 Å². The van der Waals surface area contributed by atoms with Crippen LogP contribution in [-0.4, -0.2) is 44.5 Å². The zero-order valence-corrected chi connectivity index (χ0v) is 19.3. The van der Waals surface area contributed by atoms with Gasteiger partial charge in [-0.05, 0) is 52.4 Å². The summed E-state index contributed by atoms with van der Waals surface area (Å²) in [7, 11) is -7.92. The summed E-state index contributed by atoms with van der Waals surface area (Å²) in [5.41, 5.74) is 1.84. The van der Waals surface area contributed by atoms with Gasteiger partial charge >= 0.3 is 17.8 Å². The fourth-order valence-electron chi connectivity index (χ4n) is 1.51. The van der Waals surface area contributed by atoms with E-state index in [4.69, 9.17) is 16.5 Å². The first-order valence-corrected chi connectivity index (χ1v) is 19.0. The van der Waals surface area contributed by atoms with Crippen molar-refractivity contribution in [3.8, 4) is 0 Å². The normalized spacial score (nSPS) is 16.0. The third kappa shape index (κ3) is 12.1. The zero-order valence-electron chi connectivity index (χ0n) is 13.7. The molecule has 0 saturated heterocycles. The third-order valence-corrected chi connectivity index (χ3v) is 15.5. The van der Waals surface area contributed by atoms with E-state index in [2.05, 4.69) is 59.0 Å². The smallest absolute Gasteiger partial charge is 0.328 e. The van der Waals surface area contributed by atoms with Gasteiger partial charge in [0.2, 0.25) is 0 Å². The van der Waals surface area contributed by atoms with Gasteiger partial charge in [0.25, 0.3) is 10.0 Å². The maximum atomic E-state index is 6.11. The quantitative estimate of drug-likeness (QED) is 0.596. The molecular formula is C10H30O4Si5. The summed E-state index contributed by atoms with van der Waals surface area (Å²) in [5, 5.41) is 0. The Morgan fingerprint density at radius 3 is 1.84 bits per heavy atom. The molecule has 0 heterocycles. The highest BCUT2D eigenvalue weighted by molar-refractivity contribution is 6.83. The summed E-state index contributed by atoms with van der Waals surface area (Å²) in [4.78, 5) is 0. The molecule has 19 heavy (non-hydrogen) atoms. The summed E-state index contributed by atoms with van der Waals surface area (Å²) in [5.74, 6) is 0. The lowest BCUT2D eigenvalue weighted by atomic mass is 11.3. The maximum Gasteiger partial charge on any atom is 0.328 e. The molecule has 0 aromatic rings. The average molecular weight is 355 g/mol. The number of hydrogen-bond donors (Lipinski definition) is 0. The van der Waals surface area contributed by atoms with Crippen LogP contribution < -0.4 is 0 Å². The Morgan fingerprint density at radius 1 is 0.947 bits per heavy atom. The van der Waals surface area contributed by atoms with E-state index in [0.29, 0.717) is 0 Å². The van der Waals surface area contributed by atoms with Crippen molar-refractivity contribution in [2.24, 2.45) is 0 Å². The number of rotatable bonds is 9. The molecule has 0 bridgehead atoms. The van der Waals surface area contributed by atoms with Crippen LogP contribution in [0.1, 0.15) is 0 Å². The van der Waals surface area contributed by atoms with E-state index in [1.807, 2.05) is 5.70 Å². The average Bonchev–Trinajstić information content (AvgIpc) is 2.09. The van der Waals surface area contributed by atoms with Gasteiger partial charge < -0.3 is 16.5 Å². The first-order valence-electron chi connectivity index (χ1n) is 6.61. The van der Waals surface area contributed by atoms with Gasteiger partial charge in [0.1, 0.15) is 0 Å². The summed E-state index contributed by atoms with van der Waals surface area (Å²) < 4.78 is 23.9. The van der Waals surface area contributed by atoms with Crippen LogP contribution in [0.25, 0.3) is 0 Å². The maximum absolute atomic E-state index is 6.11. The van der Waals surface area contributed by atoms with Gasteiger partial charge in [-0.1, -0.05) is 5.70 Å². The van der Waals surface area contributed by atoms with E-state index >= 15 is 0 Å². The van der Waals surface area contributed by atoms with Crippen LogP contribution in [-0.2, 0) is 16.5 Å². The molecule has 0 N–H and O–H groups in total. The summed E-state index contributed by atoms with van der Waals surface area (Å²) in [6, 6.07) is 0. The highest BCUT2D eigenvalue weighted by atomic mass is 28.5. The van der Waals surface area contributed by atoms with Crippen LogP contribution in [0.4, 0.5) is 0 Å². The standard InChI is InChI=1S/C10H30O4Si5/c1-10-16(13-17(2,3)4)11-15-12-19(8,9)14-18(5,6)7/h10,16H,1,15H2,2-9H3. The molecule has 0 amide bonds. The Kier molecular flexibility index (Phi) is 7.88. The molecule has 0 fully saturated rings. The molecule has 0 radical (unpaired) electrons. The summed E-state index contributed by atoms with van der Waals surface area (Å²) in [6.07, 6.45) is 0. The van der Waals surface area contributed by atoms with Crippen LogP contribution in [0, 0.1) is 0 Å². The van der Waals surface area contributed by atoms with Gasteiger partial charge in [0.15, 0.2) is 16.6 Å². The summed E-state index contributed by atoms with van der Waals surface area (Å²) in [6.45, 7) is 21.0. The highest BCUT2D eigenvalue weighted by Crippen LogP contribution is 2.15. The molecular weight excluding hydrogens is 325 g/mol. The van der Waals surface area contributed by atoms with Gasteiger partial charge in [-0.25, -0.2) is 0 Å². The van der Waals surface area contributed by atoms with Crippen molar-refractivity contribution in [2.75, 3.05) is 0 Å². The molecule has 0 aliphatic carbocycles. The molecule has 0 saturated carbocycles. The molecule has 0 spiro atoms. The second-order valence-corrected chi connectivity index (χ2v) is 23.8. The van der Waals surface area contributed by atoms with E-state index in [1.54, 1.807) is 0 Å². The van der Waals surface area contributed by atoms with Crippen LogP contribution in [0.5, 0.6) is 0 Å². The predicted octanol–water partition coefficient (Wildman–Crippen LogP) is 2.37. The van der Waals surface area contributed by atoms with Crippen molar-refractivity contribution in [1.82, 2.24) is 0 Å². The molecule has 9 heteroatoms. The minimum absolute atomic E-state index is 1.04. The van der Waals surface area contributed by atoms with E-state index in [0.717, 1.165) is 0 Å². The van der Waals surface area contributed by atoms with Crippen LogP contribution in [0.2, 0.25) is 52.4 Å². The number of hydrogen-bond acceptors (Lipinski definition) is 4. The molecule has 1 atom stereocenters. The van der Waals surface area contributed by atoms with Gasteiger partial charge in [-0.15, -0.1) is 6.58 Å². The monoisotopic (exact) mass is 354 g/mol. The SMILES string of the molecule is C=C[SiH](O[SiH2]O[Si](C)(C)O[Si](C)(C)C)O[Si](C)(C)C. The Morgan fingerprint density at radius 2 is 1.47 bits per heavy atom. The minimum atomic E-state index is -2.03. The molecule has 0 aromatic carbocycles. The Balaban J connectivity index is 4.16. The molecule has 0 aromatic heterocycles. The molecule has 0 rings (SSSR count). The lowest BCUT2D eigenvalue weighted by Gasteiger charge is -2.31. The lowest BCUT2D eigenvalue weighted by molar-refractivity contribution is 0.352. The first kappa shape index (κ1) is 19.7. The topological polar surface area (TPSA) is 36.9 Å². The van der Waals surface area contributed by atoms with Crippen LogP contribution >= 0.6 is 0 Å². The highest BCUT2D eigenvalue weighted by Gasteiger charge is 2.31. The molecule has 1 unspecified atom stereocenters. The molecule has 0 aliphatic rings. The van der Waals surface area contributed by atoms with Crippen molar-refractivity contribution >= 4 is 44.5 Å². The van der Waals surface area contributed by atoms with Crippen molar-refractivity contribution < 1.29 is 16.5 Å². The van der Waals surface area contributed by atoms with Crippen LogP contribution in [0.15, 0.2) is 12.3 Å². The molecule has 0 aliphatic heterocycles. The Hall–Kier alpha value is 0.664. The zero-order chi connectivity index (χ0) is 15.3. The lowest BCUT2D eigenvalue weighted by Crippen LogP contribution is -2.46. The van der Waals surface area contributed by atoms with Crippen LogP contribution in [0.3, 0.4) is 0 Å². The molecule has 114 valence electrons. The molecule has 4 nitrogen and oxygen atoms in total. The Labute approximate surface area is 125 Å². The van der Waals surface area contributed by atoms with Gasteiger partial charge in [-0.2, -0.15) is 0 Å². The van der Waals surface area contributed by atoms with Crippen molar-refractivity contribution in [2.45, 2.75) is 52.4 Å². The van der Waals surface area contributed by atoms with Gasteiger partial charge in [-0.3, -0.25) is 0 Å². The van der Waals surface area contributed by atoms with E-state index in [9.17, 15) is 0 Å². The van der Waals surface area contributed by atoms with Crippen molar-refractivity contribution in [3.05, 3.63) is 12.3 Å². The van der Waals surface area contributed by atoms with Gasteiger partial charge in [0, 0.05) is 0 Å². The van der Waals surface area contributed by atoms with Crippen molar-refractivity contribution in [3.63, 3.8) is 0 Å². The fraction of sp³-hybridized carbons (Fsp3) is 0.800. The second kappa shape index (κ2) is 7.61. The third-order valence-electron chi connectivity index (χ3n) is 1.85. The fourth-order valence-corrected chi connectivity index (χ4v) is 15.3. The second-order valence-electron chi connectivity index (χ2n) is 6.88. The van der Waals surface area contributed by atoms with Gasteiger partial charge in [0.05, 0.1) is 0 Å².